The highest BCUT2D eigenvalue weighted by atomic mass is 32.2. The van der Waals surface area contributed by atoms with E-state index in [1.807, 2.05) is 50.2 Å². The second-order valence-corrected chi connectivity index (χ2v) is 7.83. The second-order valence-electron chi connectivity index (χ2n) is 6.63. The molecule has 0 aromatic heterocycles. The number of aryl methyl sites for hydroxylation is 1. The Morgan fingerprint density at radius 3 is 2.62 bits per heavy atom. The maximum absolute atomic E-state index is 13.0. The van der Waals surface area contributed by atoms with E-state index >= 15 is 0 Å². The third-order valence-corrected chi connectivity index (χ3v) is 6.04. The highest BCUT2D eigenvalue weighted by molar-refractivity contribution is 8.05. The summed E-state index contributed by atoms with van der Waals surface area (Å²) in [7, 11) is 0. The summed E-state index contributed by atoms with van der Waals surface area (Å²) in [6, 6.07) is 16.6. The number of anilines is 2. The van der Waals surface area contributed by atoms with Crippen molar-refractivity contribution >= 4 is 35.0 Å². The largest absolute Gasteiger partial charge is 0.321 e. The van der Waals surface area contributed by atoms with Crippen LogP contribution in [0.5, 0.6) is 0 Å². The molecule has 3 rings (SSSR count). The van der Waals surface area contributed by atoms with Crippen LogP contribution in [-0.2, 0) is 9.59 Å². The van der Waals surface area contributed by atoms with Crippen molar-refractivity contribution in [2.75, 3.05) is 10.2 Å². The monoisotopic (exact) mass is 403 g/mol. The van der Waals surface area contributed by atoms with Gasteiger partial charge >= 0.3 is 0 Å². The molecule has 0 spiro atoms. The van der Waals surface area contributed by atoms with Gasteiger partial charge in [0.15, 0.2) is 0 Å². The van der Waals surface area contributed by atoms with Crippen molar-refractivity contribution in [2.24, 2.45) is 0 Å². The fraction of sp³-hybridized carbons (Fsp3) is 0.174. The van der Waals surface area contributed by atoms with Crippen molar-refractivity contribution in [3.8, 4) is 6.07 Å². The number of rotatable bonds is 5. The number of thioether (sulfide) groups is 1. The third kappa shape index (κ3) is 4.10. The number of nitrogens with one attached hydrogen (secondary N) is 1. The standard InChI is InChI=1S/C23H21N3O2S/c1-4-9-20-22(28)26(17-11-6-5-7-12-17)23(29-20)18(14-24)21(27)25-19-13-8-10-15(2)16(19)3/h4-8,10-13,20H,1,9H2,2-3H3,(H,25,27). The van der Waals surface area contributed by atoms with Gasteiger partial charge in [-0.05, 0) is 49.6 Å². The number of nitrogens with zero attached hydrogens (tertiary/aromatic N) is 2. The smallest absolute Gasteiger partial charge is 0.269 e. The Hall–Kier alpha value is -3.30. The highest BCUT2D eigenvalue weighted by Crippen LogP contribution is 2.42. The fourth-order valence-corrected chi connectivity index (χ4v) is 4.31. The summed E-state index contributed by atoms with van der Waals surface area (Å²) in [6.07, 6.45) is 2.12. The summed E-state index contributed by atoms with van der Waals surface area (Å²) < 4.78 is 0. The van der Waals surface area contributed by atoms with Crippen LogP contribution in [0.3, 0.4) is 0 Å². The molecule has 5 nitrogen and oxygen atoms in total. The Bertz CT molecular complexity index is 1040. The average molecular weight is 404 g/mol. The van der Waals surface area contributed by atoms with E-state index in [1.165, 1.54) is 16.7 Å². The summed E-state index contributed by atoms with van der Waals surface area (Å²) in [4.78, 5) is 27.4. The number of benzene rings is 2. The van der Waals surface area contributed by atoms with Crippen LogP contribution in [-0.4, -0.2) is 17.1 Å². The molecule has 0 bridgehead atoms. The molecule has 1 unspecified atom stereocenters. The lowest BCUT2D eigenvalue weighted by Crippen LogP contribution is -2.29. The zero-order valence-corrected chi connectivity index (χ0v) is 17.1. The maximum atomic E-state index is 13.0. The predicted octanol–water partition coefficient (Wildman–Crippen LogP) is 4.70. The summed E-state index contributed by atoms with van der Waals surface area (Å²) in [5, 5.41) is 12.5. The molecule has 6 heteroatoms. The maximum Gasteiger partial charge on any atom is 0.269 e. The van der Waals surface area contributed by atoms with E-state index in [0.717, 1.165) is 11.1 Å². The van der Waals surface area contributed by atoms with E-state index in [9.17, 15) is 14.9 Å². The van der Waals surface area contributed by atoms with Crippen molar-refractivity contribution in [3.05, 3.63) is 82.9 Å². The van der Waals surface area contributed by atoms with Gasteiger partial charge < -0.3 is 5.32 Å². The lowest BCUT2D eigenvalue weighted by Gasteiger charge is -2.18. The molecule has 1 heterocycles. The van der Waals surface area contributed by atoms with Crippen molar-refractivity contribution in [1.29, 1.82) is 5.26 Å². The minimum atomic E-state index is -0.531. The molecule has 1 N–H and O–H groups in total. The second kappa shape index (κ2) is 8.80. The Labute approximate surface area is 174 Å². The zero-order chi connectivity index (χ0) is 21.0. The van der Waals surface area contributed by atoms with Crippen LogP contribution >= 0.6 is 11.8 Å². The van der Waals surface area contributed by atoms with Gasteiger partial charge in [0.25, 0.3) is 5.91 Å². The van der Waals surface area contributed by atoms with Gasteiger partial charge in [-0.25, -0.2) is 0 Å². The SMILES string of the molecule is C=CCC1SC(=C(C#N)C(=O)Nc2cccc(C)c2C)N(c2ccccc2)C1=O. The lowest BCUT2D eigenvalue weighted by atomic mass is 10.1. The Morgan fingerprint density at radius 1 is 1.24 bits per heavy atom. The normalized spacial score (nSPS) is 17.6. The fourth-order valence-electron chi connectivity index (χ4n) is 3.04. The van der Waals surface area contributed by atoms with Gasteiger partial charge in [-0.1, -0.05) is 48.2 Å². The Balaban J connectivity index is 2.04. The number of allylic oxidation sites excluding steroid dienone is 1. The van der Waals surface area contributed by atoms with Gasteiger partial charge in [0.05, 0.1) is 5.25 Å². The molecule has 2 aromatic carbocycles. The summed E-state index contributed by atoms with van der Waals surface area (Å²) >= 11 is 1.23. The van der Waals surface area contributed by atoms with E-state index in [0.29, 0.717) is 22.8 Å². The predicted molar refractivity (Wildman–Crippen MR) is 117 cm³/mol. The first-order chi connectivity index (χ1) is 14.0. The first-order valence-corrected chi connectivity index (χ1v) is 10.0. The molecule has 0 radical (unpaired) electrons. The number of carbonyl (C=O) groups is 2. The third-order valence-electron chi connectivity index (χ3n) is 4.75. The van der Waals surface area contributed by atoms with Gasteiger partial charge in [0, 0.05) is 11.4 Å². The van der Waals surface area contributed by atoms with Crippen LogP contribution in [0.2, 0.25) is 0 Å². The molecule has 1 atom stereocenters. The molecule has 2 aromatic rings. The van der Waals surface area contributed by atoms with Gasteiger partial charge in [0.1, 0.15) is 16.7 Å². The van der Waals surface area contributed by atoms with Gasteiger partial charge in [-0.2, -0.15) is 5.26 Å². The highest BCUT2D eigenvalue weighted by Gasteiger charge is 2.40. The number of nitriles is 1. The van der Waals surface area contributed by atoms with E-state index in [1.54, 1.807) is 24.3 Å². The molecule has 2 amide bonds. The molecule has 1 fully saturated rings. The molecule has 1 aliphatic heterocycles. The van der Waals surface area contributed by atoms with Crippen molar-refractivity contribution < 1.29 is 9.59 Å². The minimum absolute atomic E-state index is 0.0836. The topological polar surface area (TPSA) is 73.2 Å². The number of para-hydroxylation sites is 1. The molecule has 1 saturated heterocycles. The van der Waals surface area contributed by atoms with Gasteiger partial charge in [0.2, 0.25) is 5.91 Å². The lowest BCUT2D eigenvalue weighted by molar-refractivity contribution is -0.117. The van der Waals surface area contributed by atoms with Crippen LogP contribution in [0, 0.1) is 25.2 Å². The molecule has 0 aliphatic carbocycles. The zero-order valence-electron chi connectivity index (χ0n) is 16.3. The summed E-state index contributed by atoms with van der Waals surface area (Å²) in [5.41, 5.74) is 3.16. The Kier molecular flexibility index (Phi) is 6.20. The molecule has 146 valence electrons. The van der Waals surface area contributed by atoms with E-state index in [4.69, 9.17) is 0 Å². The van der Waals surface area contributed by atoms with Crippen LogP contribution in [0.1, 0.15) is 17.5 Å². The van der Waals surface area contributed by atoms with E-state index in [-0.39, 0.29) is 11.5 Å². The molecular weight excluding hydrogens is 382 g/mol. The van der Waals surface area contributed by atoms with E-state index in [2.05, 4.69) is 11.9 Å². The quantitative estimate of drug-likeness (QED) is 0.446. The first kappa shape index (κ1) is 20.4. The van der Waals surface area contributed by atoms with E-state index < -0.39 is 11.2 Å². The minimum Gasteiger partial charge on any atom is -0.321 e. The number of hydrogen-bond donors (Lipinski definition) is 1. The van der Waals surface area contributed by atoms with Crippen molar-refractivity contribution in [3.63, 3.8) is 0 Å². The van der Waals surface area contributed by atoms with Crippen molar-refractivity contribution in [1.82, 2.24) is 0 Å². The number of hydrogen-bond acceptors (Lipinski definition) is 4. The van der Waals surface area contributed by atoms with Crippen LogP contribution in [0.15, 0.2) is 71.8 Å². The van der Waals surface area contributed by atoms with Crippen molar-refractivity contribution in [2.45, 2.75) is 25.5 Å². The van der Waals surface area contributed by atoms with Crippen LogP contribution in [0.25, 0.3) is 0 Å². The number of carbonyl (C=O) groups excluding carboxylic acids is 2. The van der Waals surface area contributed by atoms with Crippen LogP contribution in [0.4, 0.5) is 11.4 Å². The number of amides is 2. The average Bonchev–Trinajstić information content (AvgIpc) is 3.03. The van der Waals surface area contributed by atoms with Gasteiger partial charge in [-0.15, -0.1) is 6.58 Å². The molecular formula is C23H21N3O2S. The van der Waals surface area contributed by atoms with Crippen LogP contribution < -0.4 is 10.2 Å². The Morgan fingerprint density at radius 2 is 1.97 bits per heavy atom. The first-order valence-electron chi connectivity index (χ1n) is 9.16. The summed E-state index contributed by atoms with van der Waals surface area (Å²) in [5.74, 6) is -0.694. The van der Waals surface area contributed by atoms with Gasteiger partial charge in [-0.3, -0.25) is 14.5 Å². The molecule has 29 heavy (non-hydrogen) atoms. The molecule has 0 saturated carbocycles. The molecule has 1 aliphatic rings. The summed E-state index contributed by atoms with van der Waals surface area (Å²) in [6.45, 7) is 7.58.